The van der Waals surface area contributed by atoms with Gasteiger partial charge < -0.3 is 9.64 Å². The monoisotopic (exact) mass is 460 g/mol. The minimum atomic E-state index is -3.34. The van der Waals surface area contributed by atoms with Crippen LogP contribution in [-0.4, -0.2) is 78.3 Å². The number of rotatable bonds is 7. The number of anilines is 1. The van der Waals surface area contributed by atoms with E-state index in [-0.39, 0.29) is 5.03 Å². The van der Waals surface area contributed by atoms with Crippen LogP contribution in [0.15, 0.2) is 29.8 Å². The van der Waals surface area contributed by atoms with Gasteiger partial charge >= 0.3 is 0 Å². The molecule has 1 saturated carbocycles. The van der Waals surface area contributed by atoms with Crippen LogP contribution in [0.1, 0.15) is 38.2 Å². The number of sulfone groups is 1. The van der Waals surface area contributed by atoms with E-state index in [4.69, 9.17) is 4.74 Å². The molecule has 2 aromatic heterocycles. The first kappa shape index (κ1) is 22.8. The summed E-state index contributed by atoms with van der Waals surface area (Å²) in [5.41, 5.74) is 1.17. The van der Waals surface area contributed by atoms with Gasteiger partial charge in [-0.25, -0.2) is 28.4 Å². The van der Waals surface area contributed by atoms with Crippen molar-refractivity contribution < 1.29 is 13.2 Å². The highest BCUT2D eigenvalue weighted by molar-refractivity contribution is 7.90. The second-order valence-electron chi connectivity index (χ2n) is 8.72. The molecule has 0 unspecified atom stereocenters. The molecule has 0 amide bonds. The number of nitrogens with zero attached hydrogens (tertiary/aromatic N) is 6. The van der Waals surface area contributed by atoms with Crippen LogP contribution >= 0.6 is 0 Å². The number of piperazine rings is 1. The standard InChI is InChI=1S/C22H32N6O3S/c1-3-17-12-25-22(26-13-17)28-10-8-27(9-11-28)19-6-4-18(5-7-19)16-31-20-14-24-21(15-23-20)32(2,29)30/h12-15,18-19H,3-11,16H2,1-2H3. The van der Waals surface area contributed by atoms with Crippen molar-refractivity contribution in [3.05, 3.63) is 30.4 Å². The number of ether oxygens (including phenoxy) is 1. The Morgan fingerprint density at radius 2 is 1.62 bits per heavy atom. The lowest BCUT2D eigenvalue weighted by Crippen LogP contribution is -2.51. The van der Waals surface area contributed by atoms with Gasteiger partial charge in [0.1, 0.15) is 0 Å². The van der Waals surface area contributed by atoms with Crippen LogP contribution < -0.4 is 9.64 Å². The maximum Gasteiger partial charge on any atom is 0.232 e. The van der Waals surface area contributed by atoms with Gasteiger partial charge in [-0.2, -0.15) is 0 Å². The first-order valence-corrected chi connectivity index (χ1v) is 13.3. The Labute approximate surface area is 190 Å². The Bertz CT molecular complexity index is 968. The Morgan fingerprint density at radius 3 is 2.19 bits per heavy atom. The normalized spacial score (nSPS) is 22.6. The molecule has 1 aliphatic heterocycles. The highest BCUT2D eigenvalue weighted by Gasteiger charge is 2.29. The molecule has 32 heavy (non-hydrogen) atoms. The van der Waals surface area contributed by atoms with Gasteiger partial charge in [0.05, 0.1) is 19.0 Å². The first-order chi connectivity index (χ1) is 15.4. The molecule has 9 nitrogen and oxygen atoms in total. The predicted octanol–water partition coefficient (Wildman–Crippen LogP) is 1.99. The zero-order chi connectivity index (χ0) is 22.6. The maximum atomic E-state index is 11.5. The van der Waals surface area contributed by atoms with Crippen molar-refractivity contribution in [3.8, 4) is 5.88 Å². The van der Waals surface area contributed by atoms with Gasteiger partial charge in [0, 0.05) is 50.9 Å². The Morgan fingerprint density at radius 1 is 0.938 bits per heavy atom. The first-order valence-electron chi connectivity index (χ1n) is 11.4. The lowest BCUT2D eigenvalue weighted by molar-refractivity contribution is 0.110. The summed E-state index contributed by atoms with van der Waals surface area (Å²) in [4.78, 5) is 22.0. The van der Waals surface area contributed by atoms with E-state index >= 15 is 0 Å². The molecule has 1 aliphatic carbocycles. The third-order valence-electron chi connectivity index (χ3n) is 6.48. The Kier molecular flexibility index (Phi) is 7.20. The summed E-state index contributed by atoms with van der Waals surface area (Å²) in [7, 11) is -3.34. The zero-order valence-electron chi connectivity index (χ0n) is 18.9. The second kappa shape index (κ2) is 10.1. The van der Waals surface area contributed by atoms with Crippen LogP contribution in [0, 0.1) is 5.92 Å². The molecule has 0 bridgehead atoms. The number of aromatic nitrogens is 4. The summed E-state index contributed by atoms with van der Waals surface area (Å²) in [6.07, 6.45) is 13.2. The van der Waals surface area contributed by atoms with Crippen molar-refractivity contribution in [2.24, 2.45) is 5.92 Å². The molecule has 1 saturated heterocycles. The minimum Gasteiger partial charge on any atom is -0.476 e. The Balaban J connectivity index is 1.19. The van der Waals surface area contributed by atoms with Gasteiger partial charge in [0.15, 0.2) is 14.9 Å². The molecule has 2 fully saturated rings. The van der Waals surface area contributed by atoms with Crippen molar-refractivity contribution in [2.75, 3.05) is 43.9 Å². The number of hydrogen-bond acceptors (Lipinski definition) is 9. The molecule has 0 atom stereocenters. The average Bonchev–Trinajstić information content (AvgIpc) is 2.83. The molecule has 174 valence electrons. The molecule has 0 spiro atoms. The fourth-order valence-electron chi connectivity index (χ4n) is 4.43. The van der Waals surface area contributed by atoms with Gasteiger partial charge in [-0.1, -0.05) is 6.92 Å². The third kappa shape index (κ3) is 5.72. The zero-order valence-corrected chi connectivity index (χ0v) is 19.7. The van der Waals surface area contributed by atoms with E-state index in [0.717, 1.165) is 57.6 Å². The maximum absolute atomic E-state index is 11.5. The van der Waals surface area contributed by atoms with E-state index in [9.17, 15) is 8.42 Å². The van der Waals surface area contributed by atoms with E-state index in [0.29, 0.717) is 24.4 Å². The molecule has 3 heterocycles. The van der Waals surface area contributed by atoms with E-state index in [1.165, 1.54) is 30.8 Å². The lowest BCUT2D eigenvalue weighted by atomic mass is 9.85. The van der Waals surface area contributed by atoms with Crippen LogP contribution in [-0.2, 0) is 16.3 Å². The number of aryl methyl sites for hydroxylation is 1. The van der Waals surface area contributed by atoms with E-state index < -0.39 is 9.84 Å². The largest absolute Gasteiger partial charge is 0.476 e. The summed E-state index contributed by atoms with van der Waals surface area (Å²) in [5, 5.41) is -0.0324. The molecule has 0 radical (unpaired) electrons. The van der Waals surface area contributed by atoms with Crippen LogP contribution in [0.4, 0.5) is 5.95 Å². The van der Waals surface area contributed by atoms with E-state index in [2.05, 4.69) is 36.7 Å². The summed E-state index contributed by atoms with van der Waals surface area (Å²) in [6, 6.07) is 0.630. The molecular formula is C22H32N6O3S. The molecule has 0 aromatic carbocycles. The average molecular weight is 461 g/mol. The molecule has 2 aromatic rings. The van der Waals surface area contributed by atoms with Crippen molar-refractivity contribution in [1.29, 1.82) is 0 Å². The Hall–Kier alpha value is -2.33. The fraction of sp³-hybridized carbons (Fsp3) is 0.636. The van der Waals surface area contributed by atoms with Gasteiger partial charge in [-0.15, -0.1) is 0 Å². The molecule has 0 N–H and O–H groups in total. The molecule has 2 aliphatic rings. The summed E-state index contributed by atoms with van der Waals surface area (Å²) >= 11 is 0. The van der Waals surface area contributed by atoms with Crippen molar-refractivity contribution >= 4 is 15.8 Å². The molecular weight excluding hydrogens is 428 g/mol. The fourth-order valence-corrected chi connectivity index (χ4v) is 4.92. The highest BCUT2D eigenvalue weighted by Crippen LogP contribution is 2.29. The lowest BCUT2D eigenvalue weighted by Gasteiger charge is -2.41. The summed E-state index contributed by atoms with van der Waals surface area (Å²) in [5.74, 6) is 1.72. The molecule has 10 heteroatoms. The third-order valence-corrected chi connectivity index (χ3v) is 7.45. The van der Waals surface area contributed by atoms with Crippen molar-refractivity contribution in [2.45, 2.75) is 50.1 Å². The minimum absolute atomic E-state index is 0.0324. The van der Waals surface area contributed by atoms with Crippen molar-refractivity contribution in [3.63, 3.8) is 0 Å². The van der Waals surface area contributed by atoms with Gasteiger partial charge in [-0.3, -0.25) is 4.90 Å². The van der Waals surface area contributed by atoms with Crippen LogP contribution in [0.3, 0.4) is 0 Å². The van der Waals surface area contributed by atoms with Crippen LogP contribution in [0.25, 0.3) is 0 Å². The predicted molar refractivity (Wildman–Crippen MR) is 122 cm³/mol. The van der Waals surface area contributed by atoms with Gasteiger partial charge in [-0.05, 0) is 43.6 Å². The SMILES string of the molecule is CCc1cnc(N2CCN(C3CCC(COc4cnc(S(C)(=O)=O)cn4)CC3)CC2)nc1. The van der Waals surface area contributed by atoms with Crippen molar-refractivity contribution in [1.82, 2.24) is 24.8 Å². The quantitative estimate of drug-likeness (QED) is 0.614. The molecule has 4 rings (SSSR count). The topological polar surface area (TPSA) is 101 Å². The van der Waals surface area contributed by atoms with E-state index in [1.807, 2.05) is 12.4 Å². The van der Waals surface area contributed by atoms with Crippen LogP contribution in [0.5, 0.6) is 5.88 Å². The summed E-state index contributed by atoms with van der Waals surface area (Å²) in [6.45, 7) is 6.75. The van der Waals surface area contributed by atoms with Gasteiger partial charge in [0.2, 0.25) is 11.8 Å². The summed E-state index contributed by atoms with van der Waals surface area (Å²) < 4.78 is 28.7. The van der Waals surface area contributed by atoms with E-state index in [1.54, 1.807) is 0 Å². The number of hydrogen-bond donors (Lipinski definition) is 0. The smallest absolute Gasteiger partial charge is 0.232 e. The second-order valence-corrected chi connectivity index (χ2v) is 10.7. The van der Waals surface area contributed by atoms with Gasteiger partial charge in [0.25, 0.3) is 0 Å². The van der Waals surface area contributed by atoms with Crippen LogP contribution in [0.2, 0.25) is 0 Å². The highest BCUT2D eigenvalue weighted by atomic mass is 32.2.